The van der Waals surface area contributed by atoms with Gasteiger partial charge in [0, 0.05) is 11.3 Å². The van der Waals surface area contributed by atoms with Crippen molar-refractivity contribution in [1.29, 1.82) is 0 Å². The van der Waals surface area contributed by atoms with E-state index in [0.29, 0.717) is 0 Å². The highest BCUT2D eigenvalue weighted by Gasteiger charge is 2.25. The summed E-state index contributed by atoms with van der Waals surface area (Å²) in [6, 6.07) is 5.84. The topological polar surface area (TPSA) is 41.5 Å². The van der Waals surface area contributed by atoms with E-state index in [4.69, 9.17) is 0 Å². The Morgan fingerprint density at radius 1 is 1.38 bits per heavy atom. The highest BCUT2D eigenvalue weighted by Crippen LogP contribution is 2.30. The second kappa shape index (κ2) is 3.44. The van der Waals surface area contributed by atoms with Gasteiger partial charge >= 0.3 is 0 Å². The third-order valence-electron chi connectivity index (χ3n) is 3.29. The standard InChI is InChI=1S/C13H14N2O/c1-8-13(16)15-11-7-3-5-9-4-2-6-10(14-8)12(9)11/h3,5,7-8H,2,4,6H2,1H3,(H,15,16). The lowest BCUT2D eigenvalue weighted by Crippen LogP contribution is -2.22. The quantitative estimate of drug-likeness (QED) is 0.706. The van der Waals surface area contributed by atoms with Crippen LogP contribution < -0.4 is 5.32 Å². The molecule has 0 spiro atoms. The first-order valence-electron chi connectivity index (χ1n) is 5.75. The van der Waals surface area contributed by atoms with Crippen LogP contribution in [-0.2, 0) is 11.2 Å². The van der Waals surface area contributed by atoms with Crippen LogP contribution in [0, 0.1) is 0 Å². The number of carbonyl (C=O) groups is 1. The molecule has 1 atom stereocenters. The number of hydrogen-bond donors (Lipinski definition) is 1. The second-order valence-electron chi connectivity index (χ2n) is 4.43. The summed E-state index contributed by atoms with van der Waals surface area (Å²) in [6.07, 6.45) is 3.21. The molecule has 0 saturated carbocycles. The molecule has 2 aliphatic rings. The van der Waals surface area contributed by atoms with Gasteiger partial charge in [0.25, 0.3) is 0 Å². The van der Waals surface area contributed by atoms with Gasteiger partial charge in [-0.25, -0.2) is 0 Å². The maximum atomic E-state index is 11.8. The summed E-state index contributed by atoms with van der Waals surface area (Å²) in [5.74, 6) is -0.00435. The molecule has 0 aromatic heterocycles. The van der Waals surface area contributed by atoms with Gasteiger partial charge in [-0.3, -0.25) is 9.79 Å². The molecule has 1 amide bonds. The summed E-state index contributed by atoms with van der Waals surface area (Å²) in [7, 11) is 0. The van der Waals surface area contributed by atoms with Gasteiger partial charge in [-0.2, -0.15) is 0 Å². The lowest BCUT2D eigenvalue weighted by atomic mass is 9.89. The molecule has 3 heteroatoms. The van der Waals surface area contributed by atoms with Crippen LogP contribution in [-0.4, -0.2) is 17.7 Å². The van der Waals surface area contributed by atoms with E-state index in [1.54, 1.807) is 0 Å². The lowest BCUT2D eigenvalue weighted by molar-refractivity contribution is -0.116. The summed E-state index contributed by atoms with van der Waals surface area (Å²) in [6.45, 7) is 1.85. The Kier molecular flexibility index (Phi) is 2.06. The summed E-state index contributed by atoms with van der Waals surface area (Å²) >= 11 is 0. The van der Waals surface area contributed by atoms with Crippen LogP contribution in [0.2, 0.25) is 0 Å². The number of carbonyl (C=O) groups excluding carboxylic acids is 1. The normalized spacial score (nSPS) is 22.9. The van der Waals surface area contributed by atoms with Crippen molar-refractivity contribution in [3.63, 3.8) is 0 Å². The Bertz CT molecular complexity index is 491. The van der Waals surface area contributed by atoms with Gasteiger partial charge in [0.2, 0.25) is 5.91 Å². The SMILES string of the molecule is CC1N=C2CCCc3cccc(c32)NC1=O. The Balaban J connectivity index is 2.24. The summed E-state index contributed by atoms with van der Waals surface area (Å²) in [4.78, 5) is 16.3. The van der Waals surface area contributed by atoms with Crippen molar-refractivity contribution in [2.24, 2.45) is 4.99 Å². The van der Waals surface area contributed by atoms with Gasteiger partial charge in [-0.1, -0.05) is 12.1 Å². The number of aryl methyl sites for hydroxylation is 1. The fourth-order valence-corrected chi connectivity index (χ4v) is 2.48. The predicted molar refractivity (Wildman–Crippen MR) is 64.0 cm³/mol. The van der Waals surface area contributed by atoms with Gasteiger partial charge in [0.1, 0.15) is 6.04 Å². The van der Waals surface area contributed by atoms with Gasteiger partial charge in [0.05, 0.1) is 5.69 Å². The van der Waals surface area contributed by atoms with Crippen molar-refractivity contribution < 1.29 is 4.79 Å². The zero-order valence-electron chi connectivity index (χ0n) is 9.29. The number of nitrogens with zero attached hydrogens (tertiary/aromatic N) is 1. The number of anilines is 1. The van der Waals surface area contributed by atoms with E-state index in [9.17, 15) is 4.79 Å². The summed E-state index contributed by atoms with van der Waals surface area (Å²) < 4.78 is 0. The number of benzene rings is 1. The Morgan fingerprint density at radius 3 is 3.12 bits per heavy atom. The van der Waals surface area contributed by atoms with Crippen LogP contribution in [0.25, 0.3) is 0 Å². The van der Waals surface area contributed by atoms with Crippen LogP contribution in [0.5, 0.6) is 0 Å². The fourth-order valence-electron chi connectivity index (χ4n) is 2.48. The molecule has 1 aromatic carbocycles. The minimum absolute atomic E-state index is 0.00435. The molecule has 1 aliphatic carbocycles. The molecule has 1 aliphatic heterocycles. The van der Waals surface area contributed by atoms with E-state index >= 15 is 0 Å². The Hall–Kier alpha value is -1.64. The van der Waals surface area contributed by atoms with E-state index in [0.717, 1.165) is 30.7 Å². The highest BCUT2D eigenvalue weighted by molar-refractivity contribution is 6.13. The fraction of sp³-hybridized carbons (Fsp3) is 0.385. The van der Waals surface area contributed by atoms with E-state index in [1.807, 2.05) is 19.1 Å². The first-order chi connectivity index (χ1) is 7.75. The minimum atomic E-state index is -0.270. The van der Waals surface area contributed by atoms with Gasteiger partial charge < -0.3 is 5.32 Å². The molecule has 82 valence electrons. The zero-order chi connectivity index (χ0) is 11.1. The van der Waals surface area contributed by atoms with Crippen molar-refractivity contribution in [3.8, 4) is 0 Å². The zero-order valence-corrected chi connectivity index (χ0v) is 9.29. The molecule has 1 unspecified atom stereocenters. The van der Waals surface area contributed by atoms with Crippen LogP contribution in [0.3, 0.4) is 0 Å². The predicted octanol–water partition coefficient (Wildman–Crippen LogP) is 2.15. The first kappa shape index (κ1) is 9.58. The molecule has 0 bridgehead atoms. The average molecular weight is 214 g/mol. The van der Waals surface area contributed by atoms with Crippen molar-refractivity contribution in [1.82, 2.24) is 0 Å². The monoisotopic (exact) mass is 214 g/mol. The van der Waals surface area contributed by atoms with Crippen LogP contribution in [0.15, 0.2) is 23.2 Å². The van der Waals surface area contributed by atoms with E-state index in [1.165, 1.54) is 11.1 Å². The highest BCUT2D eigenvalue weighted by atomic mass is 16.2. The van der Waals surface area contributed by atoms with E-state index in [-0.39, 0.29) is 11.9 Å². The molecule has 3 rings (SSSR count). The van der Waals surface area contributed by atoms with Crippen LogP contribution in [0.1, 0.15) is 30.9 Å². The summed E-state index contributed by atoms with van der Waals surface area (Å²) in [5, 5.41) is 2.96. The van der Waals surface area contributed by atoms with Gasteiger partial charge in [-0.05, 0) is 37.8 Å². The van der Waals surface area contributed by atoms with Crippen molar-refractivity contribution in [3.05, 3.63) is 29.3 Å². The molecule has 1 heterocycles. The van der Waals surface area contributed by atoms with Crippen LogP contribution >= 0.6 is 0 Å². The van der Waals surface area contributed by atoms with Crippen LogP contribution in [0.4, 0.5) is 5.69 Å². The van der Waals surface area contributed by atoms with Gasteiger partial charge in [0.15, 0.2) is 0 Å². The molecular weight excluding hydrogens is 200 g/mol. The molecule has 0 radical (unpaired) electrons. The number of rotatable bonds is 0. The molecule has 1 N–H and O–H groups in total. The molecule has 3 nitrogen and oxygen atoms in total. The van der Waals surface area contributed by atoms with Crippen molar-refractivity contribution in [2.75, 3.05) is 5.32 Å². The van der Waals surface area contributed by atoms with Crippen molar-refractivity contribution >= 4 is 17.3 Å². The molecule has 1 aromatic rings. The molecular formula is C13H14N2O. The number of nitrogens with one attached hydrogen (secondary N) is 1. The summed E-state index contributed by atoms with van der Waals surface area (Å²) in [5.41, 5.74) is 4.52. The van der Waals surface area contributed by atoms with Gasteiger partial charge in [-0.15, -0.1) is 0 Å². The largest absolute Gasteiger partial charge is 0.324 e. The molecule has 0 fully saturated rings. The Labute approximate surface area is 94.6 Å². The Morgan fingerprint density at radius 2 is 2.25 bits per heavy atom. The number of aliphatic imine (C=N–C) groups is 1. The van der Waals surface area contributed by atoms with E-state index < -0.39 is 0 Å². The minimum Gasteiger partial charge on any atom is -0.324 e. The maximum Gasteiger partial charge on any atom is 0.248 e. The third kappa shape index (κ3) is 1.35. The molecule has 0 saturated heterocycles. The number of amides is 1. The van der Waals surface area contributed by atoms with E-state index in [2.05, 4.69) is 16.4 Å². The first-order valence-corrected chi connectivity index (χ1v) is 5.75. The van der Waals surface area contributed by atoms with Crippen molar-refractivity contribution in [2.45, 2.75) is 32.2 Å². The average Bonchev–Trinajstić information content (AvgIpc) is 2.40. The second-order valence-corrected chi connectivity index (χ2v) is 4.43. The third-order valence-corrected chi connectivity index (χ3v) is 3.29. The molecule has 16 heavy (non-hydrogen) atoms. The maximum absolute atomic E-state index is 11.8. The smallest absolute Gasteiger partial charge is 0.248 e. The number of hydrogen-bond acceptors (Lipinski definition) is 2. The lowest BCUT2D eigenvalue weighted by Gasteiger charge is -2.19.